The van der Waals surface area contributed by atoms with Crippen LogP contribution in [0.2, 0.25) is 0 Å². The fourth-order valence-corrected chi connectivity index (χ4v) is 2.71. The number of unbranched alkanes of at least 4 members (excludes halogenated alkanes) is 9. The average molecular weight is 328 g/mol. The minimum absolute atomic E-state index is 0. The number of carbonyl (C=O) groups is 1. The van der Waals surface area contributed by atoms with Crippen LogP contribution < -0.4 is 4.74 Å². The van der Waals surface area contributed by atoms with Crippen molar-refractivity contribution >= 4 is 35.5 Å². The molecule has 0 aliphatic rings. The Bertz CT molecular complexity index is 401. The van der Waals surface area contributed by atoms with Crippen LogP contribution in [0.1, 0.15) is 83.6 Å². The van der Waals surface area contributed by atoms with Crippen LogP contribution in [0.4, 0.5) is 0 Å². The molecule has 0 spiro atoms. The van der Waals surface area contributed by atoms with Gasteiger partial charge in [0, 0.05) is 6.92 Å². The van der Waals surface area contributed by atoms with Crippen LogP contribution in [0.15, 0.2) is 24.3 Å². The molecular weight excluding hydrogens is 295 g/mol. The summed E-state index contributed by atoms with van der Waals surface area (Å²) in [5.74, 6) is 0.377. The van der Waals surface area contributed by atoms with Crippen LogP contribution >= 0.6 is 0 Å². The molecule has 0 aromatic heterocycles. The Labute approximate surface area is 164 Å². The summed E-state index contributed by atoms with van der Waals surface area (Å²) in [5.41, 5.74) is 1.33. The van der Waals surface area contributed by atoms with Crippen molar-refractivity contribution in [2.75, 3.05) is 0 Å². The Kier molecular flexibility index (Phi) is 15.0. The fraction of sp³-hybridized carbons (Fsp3) is 0.650. The first-order valence-corrected chi connectivity index (χ1v) is 8.99. The summed E-state index contributed by atoms with van der Waals surface area (Å²) in [6.07, 6.45) is 14.8. The van der Waals surface area contributed by atoms with Gasteiger partial charge in [0.15, 0.2) is 0 Å². The van der Waals surface area contributed by atoms with E-state index in [9.17, 15) is 4.79 Å². The van der Waals surface area contributed by atoms with Crippen molar-refractivity contribution in [1.82, 2.24) is 0 Å². The van der Waals surface area contributed by atoms with Crippen LogP contribution in [0.25, 0.3) is 0 Å². The van der Waals surface area contributed by atoms with Crippen molar-refractivity contribution in [2.45, 2.75) is 84.5 Å². The van der Waals surface area contributed by atoms with Gasteiger partial charge in [-0.2, -0.15) is 0 Å². The molecule has 0 atom stereocenters. The van der Waals surface area contributed by atoms with Crippen molar-refractivity contribution in [2.24, 2.45) is 0 Å². The van der Waals surface area contributed by atoms with Gasteiger partial charge in [0.1, 0.15) is 5.75 Å². The molecule has 0 heterocycles. The van der Waals surface area contributed by atoms with E-state index < -0.39 is 0 Å². The van der Waals surface area contributed by atoms with Gasteiger partial charge in [0.25, 0.3) is 0 Å². The van der Waals surface area contributed by atoms with Crippen LogP contribution in [0, 0.1) is 0 Å². The number of aryl methyl sites for hydroxylation is 1. The van der Waals surface area contributed by atoms with E-state index in [0.29, 0.717) is 5.75 Å². The van der Waals surface area contributed by atoms with Gasteiger partial charge in [-0.3, -0.25) is 4.79 Å². The first-order valence-electron chi connectivity index (χ1n) is 8.99. The van der Waals surface area contributed by atoms with Crippen LogP contribution in [-0.4, -0.2) is 35.5 Å². The zero-order chi connectivity index (χ0) is 16.0. The molecule has 0 N–H and O–H groups in total. The second-order valence-electron chi connectivity index (χ2n) is 6.17. The molecule has 0 saturated carbocycles. The molecule has 0 radical (unpaired) electrons. The van der Waals surface area contributed by atoms with Gasteiger partial charge in [0.2, 0.25) is 0 Å². The van der Waals surface area contributed by atoms with E-state index >= 15 is 0 Å². The Balaban J connectivity index is 0.00000484. The maximum atomic E-state index is 10.8. The maximum absolute atomic E-state index is 10.8. The normalized spacial score (nSPS) is 10.2. The molecule has 0 saturated heterocycles. The van der Waals surface area contributed by atoms with Crippen molar-refractivity contribution in [1.29, 1.82) is 0 Å². The van der Waals surface area contributed by atoms with Gasteiger partial charge in [0.05, 0.1) is 0 Å². The van der Waals surface area contributed by atoms with Gasteiger partial charge in [-0.25, -0.2) is 0 Å². The number of carbonyl (C=O) groups excluding carboxylic acids is 1. The fourth-order valence-electron chi connectivity index (χ4n) is 2.71. The first-order chi connectivity index (χ1) is 10.7. The third-order valence-corrected chi connectivity index (χ3v) is 4.00. The second-order valence-corrected chi connectivity index (χ2v) is 6.17. The van der Waals surface area contributed by atoms with Crippen LogP contribution in [0.3, 0.4) is 0 Å². The third-order valence-electron chi connectivity index (χ3n) is 4.00. The van der Waals surface area contributed by atoms with Crippen molar-refractivity contribution in [3.8, 4) is 5.75 Å². The van der Waals surface area contributed by atoms with E-state index in [1.54, 1.807) is 0 Å². The second kappa shape index (κ2) is 15.2. The van der Waals surface area contributed by atoms with E-state index in [0.717, 1.165) is 6.42 Å². The summed E-state index contributed by atoms with van der Waals surface area (Å²) in [6.45, 7) is 3.70. The summed E-state index contributed by atoms with van der Waals surface area (Å²) in [7, 11) is 0. The Hall–Kier alpha value is -0.310. The quantitative estimate of drug-likeness (QED) is 0.221. The summed E-state index contributed by atoms with van der Waals surface area (Å²) in [4.78, 5) is 10.8. The van der Waals surface area contributed by atoms with Gasteiger partial charge in [-0.05, 0) is 30.5 Å². The van der Waals surface area contributed by atoms with Gasteiger partial charge in [-0.15, -0.1) is 0 Å². The van der Waals surface area contributed by atoms with E-state index in [2.05, 4.69) is 19.1 Å². The predicted octanol–water partition coefficient (Wildman–Crippen LogP) is 5.43. The van der Waals surface area contributed by atoms with Crippen molar-refractivity contribution in [3.63, 3.8) is 0 Å². The van der Waals surface area contributed by atoms with E-state index in [1.165, 1.54) is 76.7 Å². The predicted molar refractivity (Wildman–Crippen MR) is 100 cm³/mol. The average Bonchev–Trinajstić information content (AvgIpc) is 2.50. The molecule has 1 rings (SSSR count). The van der Waals surface area contributed by atoms with Crippen LogP contribution in [-0.2, 0) is 11.2 Å². The number of hydrogen-bond donors (Lipinski definition) is 0. The molecule has 1 aromatic rings. The van der Waals surface area contributed by atoms with Gasteiger partial charge >= 0.3 is 35.5 Å². The molecule has 2 nitrogen and oxygen atoms in total. The van der Waals surface area contributed by atoms with Crippen molar-refractivity contribution in [3.05, 3.63) is 29.8 Å². The number of ether oxygens (including phenoxy) is 1. The molecule has 0 bridgehead atoms. The zero-order valence-electron chi connectivity index (χ0n) is 14.4. The van der Waals surface area contributed by atoms with E-state index in [4.69, 9.17) is 4.74 Å². The molecule has 23 heavy (non-hydrogen) atoms. The van der Waals surface area contributed by atoms with Crippen molar-refractivity contribution < 1.29 is 9.53 Å². The molecule has 0 fully saturated rings. The summed E-state index contributed by atoms with van der Waals surface area (Å²) in [5, 5.41) is 0. The molecule has 0 amide bonds. The number of benzene rings is 1. The molecule has 1 aromatic carbocycles. The van der Waals surface area contributed by atoms with Crippen LogP contribution in [0.5, 0.6) is 5.75 Å². The SMILES string of the molecule is CCCCCCCCCCCCc1ccc(OC(C)=O)cc1.[NaH]. The topological polar surface area (TPSA) is 26.3 Å². The third kappa shape index (κ3) is 12.7. The Morgan fingerprint density at radius 2 is 1.30 bits per heavy atom. The monoisotopic (exact) mass is 328 g/mol. The molecular formula is C20H33NaO2. The molecule has 0 unspecified atom stereocenters. The van der Waals surface area contributed by atoms with E-state index in [1.807, 2.05) is 12.1 Å². The van der Waals surface area contributed by atoms with E-state index in [-0.39, 0.29) is 35.5 Å². The Morgan fingerprint density at radius 3 is 1.78 bits per heavy atom. The summed E-state index contributed by atoms with van der Waals surface area (Å²) < 4.78 is 5.04. The summed E-state index contributed by atoms with van der Waals surface area (Å²) >= 11 is 0. The molecule has 0 aliphatic carbocycles. The minimum atomic E-state index is -0.262. The standard InChI is InChI=1S/C20H32O2.Na.H/c1-3-4-5-6-7-8-9-10-11-12-13-19-14-16-20(17-15-19)22-18(2)21;;/h14-17H,3-13H2,1-2H3;;. The number of esters is 1. The van der Waals surface area contributed by atoms with Gasteiger partial charge < -0.3 is 4.74 Å². The summed E-state index contributed by atoms with van der Waals surface area (Å²) in [6, 6.07) is 7.89. The first kappa shape index (κ1) is 22.7. The molecule has 3 heteroatoms. The molecule has 0 aliphatic heterocycles. The Morgan fingerprint density at radius 1 is 0.826 bits per heavy atom. The zero-order valence-corrected chi connectivity index (χ0v) is 14.4. The number of hydrogen-bond acceptors (Lipinski definition) is 2. The molecule has 126 valence electrons. The van der Waals surface area contributed by atoms with Gasteiger partial charge in [-0.1, -0.05) is 76.8 Å². The number of rotatable bonds is 12.